The van der Waals surface area contributed by atoms with E-state index in [0.29, 0.717) is 30.3 Å². The molecule has 3 rings (SSSR count). The summed E-state index contributed by atoms with van der Waals surface area (Å²) in [4.78, 5) is 12.0. The number of nitrogens with zero attached hydrogens (tertiary/aromatic N) is 1. The van der Waals surface area contributed by atoms with Crippen LogP contribution < -0.4 is 4.74 Å². The number of ether oxygens (including phenoxy) is 2. The summed E-state index contributed by atoms with van der Waals surface area (Å²) in [5.41, 5.74) is 3.99. The number of hydrogen-bond donors (Lipinski definition) is 0. The largest absolute Gasteiger partial charge is 0.492 e. The first kappa shape index (κ1) is 30.7. The summed E-state index contributed by atoms with van der Waals surface area (Å²) >= 11 is 0. The lowest BCUT2D eigenvalue weighted by molar-refractivity contribution is -0.157. The average molecular weight is 536 g/mol. The lowest BCUT2D eigenvalue weighted by Crippen LogP contribution is -2.29. The molecule has 5 heteroatoms. The molecule has 0 unspecified atom stereocenters. The molecule has 0 radical (unpaired) electrons. The molecule has 0 N–H and O–H groups in total. The molecule has 0 bridgehead atoms. The fraction of sp³-hybridized carbons (Fsp3) is 0.588. The van der Waals surface area contributed by atoms with E-state index in [2.05, 4.69) is 37.3 Å². The highest BCUT2D eigenvalue weighted by atomic mass is 19.1. The quantitative estimate of drug-likeness (QED) is 0.159. The number of alkyl halides is 1. The van der Waals surface area contributed by atoms with E-state index in [9.17, 15) is 14.4 Å². The Morgan fingerprint density at radius 3 is 2.33 bits per heavy atom. The molecular weight excluding hydrogens is 489 g/mol. The molecule has 39 heavy (non-hydrogen) atoms. The van der Waals surface area contributed by atoms with Gasteiger partial charge in [-0.25, -0.2) is 9.18 Å². The minimum absolute atomic E-state index is 0.131. The maximum absolute atomic E-state index is 13.9. The molecule has 2 aromatic carbocycles. The Hall–Kier alpha value is -2.87. The minimum atomic E-state index is -1.48. The molecular formula is C34H46FNO3. The zero-order chi connectivity index (χ0) is 27.9. The molecule has 0 amide bonds. The minimum Gasteiger partial charge on any atom is -0.492 e. The Kier molecular flexibility index (Phi) is 13.3. The van der Waals surface area contributed by atoms with E-state index in [4.69, 9.17) is 9.47 Å². The van der Waals surface area contributed by atoms with Gasteiger partial charge in [0.15, 0.2) is 6.17 Å². The van der Waals surface area contributed by atoms with Crippen LogP contribution in [0, 0.1) is 17.2 Å². The molecule has 1 aliphatic rings. The summed E-state index contributed by atoms with van der Waals surface area (Å²) in [7, 11) is 0. The molecule has 0 heterocycles. The summed E-state index contributed by atoms with van der Waals surface area (Å²) in [5.74, 6) is 0.603. The number of esters is 1. The van der Waals surface area contributed by atoms with Gasteiger partial charge >= 0.3 is 5.97 Å². The summed E-state index contributed by atoms with van der Waals surface area (Å²) in [6, 6.07) is 16.8. The molecule has 0 saturated heterocycles. The predicted octanol–water partition coefficient (Wildman–Crippen LogP) is 9.14. The molecule has 0 aromatic heterocycles. The monoisotopic (exact) mass is 535 g/mol. The van der Waals surface area contributed by atoms with E-state index in [-0.39, 0.29) is 12.5 Å². The standard InChI is InChI=1S/C34H46FNO3/c1-3-5-7-8-9-23-38-33-22-19-29(24-30(33)25-36)28-17-13-26(14-18-28)11-12-27-15-20-31(21-16-27)39-34(37)32(35)10-6-4-2/h13-14,17-19,22,24,27,31-32H,3-12,15-16,20-21,23H2,1-2H3/t27-,31-,32-/m0/s1. The van der Waals surface area contributed by atoms with Crippen LogP contribution in [0.2, 0.25) is 0 Å². The van der Waals surface area contributed by atoms with Gasteiger partial charge in [-0.15, -0.1) is 0 Å². The Labute approximate surface area is 234 Å². The van der Waals surface area contributed by atoms with Gasteiger partial charge < -0.3 is 9.47 Å². The number of unbranched alkanes of at least 4 members (excludes halogenated alkanes) is 5. The van der Waals surface area contributed by atoms with Crippen molar-refractivity contribution in [1.82, 2.24) is 0 Å². The third-order valence-corrected chi connectivity index (χ3v) is 7.88. The molecule has 2 aromatic rings. The molecule has 1 aliphatic carbocycles. The normalized spacial score (nSPS) is 17.8. The first-order valence-corrected chi connectivity index (χ1v) is 15.1. The van der Waals surface area contributed by atoms with Gasteiger partial charge in [0.2, 0.25) is 0 Å². The first-order valence-electron chi connectivity index (χ1n) is 15.1. The fourth-order valence-electron chi connectivity index (χ4n) is 5.32. The van der Waals surface area contributed by atoms with E-state index in [0.717, 1.165) is 68.9 Å². The smallest absolute Gasteiger partial charge is 0.340 e. The fourth-order valence-corrected chi connectivity index (χ4v) is 5.32. The molecule has 212 valence electrons. The van der Waals surface area contributed by atoms with Crippen LogP contribution >= 0.6 is 0 Å². The van der Waals surface area contributed by atoms with Crippen molar-refractivity contribution in [2.75, 3.05) is 6.61 Å². The van der Waals surface area contributed by atoms with Gasteiger partial charge in [0.05, 0.1) is 12.2 Å². The van der Waals surface area contributed by atoms with Crippen molar-refractivity contribution in [3.05, 3.63) is 53.6 Å². The van der Waals surface area contributed by atoms with Crippen LogP contribution in [0.5, 0.6) is 5.75 Å². The SMILES string of the molecule is CCCCCCCOc1ccc(-c2ccc(CC[C@H]3CC[C@H](OC(=O)[C@@H](F)CCCC)CC3)cc2)cc1C#N. The highest BCUT2D eigenvalue weighted by molar-refractivity contribution is 5.74. The Balaban J connectivity index is 1.42. The van der Waals surface area contributed by atoms with E-state index in [1.54, 1.807) is 0 Å². The van der Waals surface area contributed by atoms with E-state index in [1.165, 1.54) is 24.8 Å². The maximum atomic E-state index is 13.9. The number of carbonyl (C=O) groups excluding carboxylic acids is 1. The third-order valence-electron chi connectivity index (χ3n) is 7.88. The number of hydrogen-bond acceptors (Lipinski definition) is 4. The van der Waals surface area contributed by atoms with Crippen molar-refractivity contribution < 1.29 is 18.7 Å². The van der Waals surface area contributed by atoms with Crippen LogP contribution in [0.3, 0.4) is 0 Å². The second-order valence-corrected chi connectivity index (χ2v) is 11.0. The zero-order valence-corrected chi connectivity index (χ0v) is 23.9. The second-order valence-electron chi connectivity index (χ2n) is 11.0. The molecule has 0 aliphatic heterocycles. The number of rotatable bonds is 16. The summed E-state index contributed by atoms with van der Waals surface area (Å²) in [6.45, 7) is 4.85. The zero-order valence-electron chi connectivity index (χ0n) is 23.9. The van der Waals surface area contributed by atoms with Crippen molar-refractivity contribution >= 4 is 5.97 Å². The van der Waals surface area contributed by atoms with Gasteiger partial charge in [0.1, 0.15) is 17.9 Å². The number of nitriles is 1. The summed E-state index contributed by atoms with van der Waals surface area (Å²) in [5, 5.41) is 9.64. The van der Waals surface area contributed by atoms with Crippen LogP contribution in [0.15, 0.2) is 42.5 Å². The van der Waals surface area contributed by atoms with Gasteiger partial charge in [-0.05, 0) is 86.1 Å². The predicted molar refractivity (Wildman–Crippen MR) is 155 cm³/mol. The first-order chi connectivity index (χ1) is 19.0. The number of carbonyl (C=O) groups is 1. The number of aryl methyl sites for hydroxylation is 1. The van der Waals surface area contributed by atoms with Crippen LogP contribution in [0.25, 0.3) is 11.1 Å². The Morgan fingerprint density at radius 2 is 1.64 bits per heavy atom. The molecule has 1 atom stereocenters. The molecule has 4 nitrogen and oxygen atoms in total. The van der Waals surface area contributed by atoms with E-state index < -0.39 is 12.1 Å². The van der Waals surface area contributed by atoms with Crippen molar-refractivity contribution in [2.24, 2.45) is 5.92 Å². The van der Waals surface area contributed by atoms with Gasteiger partial charge in [-0.1, -0.05) is 82.7 Å². The number of benzene rings is 2. The van der Waals surface area contributed by atoms with Crippen LogP contribution in [-0.2, 0) is 16.0 Å². The van der Waals surface area contributed by atoms with Crippen LogP contribution in [0.1, 0.15) is 108 Å². The summed E-state index contributed by atoms with van der Waals surface area (Å²) < 4.78 is 25.2. The summed E-state index contributed by atoms with van der Waals surface area (Å²) in [6.07, 6.45) is 12.0. The third kappa shape index (κ3) is 10.3. The average Bonchev–Trinajstić information content (AvgIpc) is 2.97. The van der Waals surface area contributed by atoms with E-state index >= 15 is 0 Å². The van der Waals surface area contributed by atoms with Gasteiger partial charge in [-0.3, -0.25) is 0 Å². The molecule has 0 spiro atoms. The number of halogens is 1. The van der Waals surface area contributed by atoms with Crippen molar-refractivity contribution in [2.45, 2.75) is 116 Å². The Bertz CT molecular complexity index is 1040. The van der Waals surface area contributed by atoms with Crippen molar-refractivity contribution in [3.63, 3.8) is 0 Å². The van der Waals surface area contributed by atoms with Gasteiger partial charge in [0.25, 0.3) is 0 Å². The Morgan fingerprint density at radius 1 is 0.949 bits per heavy atom. The van der Waals surface area contributed by atoms with Gasteiger partial charge in [-0.2, -0.15) is 5.26 Å². The van der Waals surface area contributed by atoms with Gasteiger partial charge in [0, 0.05) is 0 Å². The second kappa shape index (κ2) is 17.0. The lowest BCUT2D eigenvalue weighted by atomic mass is 9.83. The van der Waals surface area contributed by atoms with E-state index in [1.807, 2.05) is 25.1 Å². The highest BCUT2D eigenvalue weighted by Crippen LogP contribution is 2.31. The molecule has 1 fully saturated rings. The topological polar surface area (TPSA) is 59.3 Å². The van der Waals surface area contributed by atoms with Crippen LogP contribution in [-0.4, -0.2) is 24.9 Å². The maximum Gasteiger partial charge on any atom is 0.340 e. The van der Waals surface area contributed by atoms with Crippen LogP contribution in [0.4, 0.5) is 4.39 Å². The lowest BCUT2D eigenvalue weighted by Gasteiger charge is -2.28. The highest BCUT2D eigenvalue weighted by Gasteiger charge is 2.27. The van der Waals surface area contributed by atoms with Crippen molar-refractivity contribution in [1.29, 1.82) is 5.26 Å². The molecule has 1 saturated carbocycles. The van der Waals surface area contributed by atoms with Crippen molar-refractivity contribution in [3.8, 4) is 22.9 Å².